The molecule has 1 atom stereocenters. The molecule has 0 radical (unpaired) electrons. The molecular formula is C18H20N2O2. The van der Waals surface area contributed by atoms with Crippen LogP contribution in [0, 0.1) is 0 Å². The number of rotatable bonds is 7. The largest absolute Gasteiger partial charge is 0.386 e. The maximum Gasteiger partial charge on any atom is 0.260 e. The van der Waals surface area contributed by atoms with Crippen LogP contribution >= 0.6 is 0 Å². The Labute approximate surface area is 130 Å². The van der Waals surface area contributed by atoms with Crippen molar-refractivity contribution in [2.24, 2.45) is 5.16 Å². The topological polar surface area (TPSA) is 50.7 Å². The molecule has 114 valence electrons. The van der Waals surface area contributed by atoms with E-state index in [1.807, 2.05) is 48.5 Å². The van der Waals surface area contributed by atoms with Crippen LogP contribution in [0.5, 0.6) is 0 Å². The molecule has 2 rings (SSSR count). The van der Waals surface area contributed by atoms with Gasteiger partial charge in [0.05, 0.1) is 6.21 Å². The molecule has 0 aliphatic carbocycles. The van der Waals surface area contributed by atoms with E-state index in [0.717, 1.165) is 5.56 Å². The van der Waals surface area contributed by atoms with E-state index in [0.29, 0.717) is 6.54 Å². The zero-order chi connectivity index (χ0) is 15.6. The molecule has 0 saturated carbocycles. The first-order valence-corrected chi connectivity index (χ1v) is 7.27. The van der Waals surface area contributed by atoms with Crippen molar-refractivity contribution >= 4 is 12.1 Å². The lowest BCUT2D eigenvalue weighted by Crippen LogP contribution is -2.30. The Hall–Kier alpha value is -2.62. The Morgan fingerprint density at radius 3 is 2.45 bits per heavy atom. The van der Waals surface area contributed by atoms with Gasteiger partial charge in [0.1, 0.15) is 0 Å². The molecular weight excluding hydrogens is 276 g/mol. The highest BCUT2D eigenvalue weighted by molar-refractivity contribution is 5.79. The van der Waals surface area contributed by atoms with Gasteiger partial charge in [-0.2, -0.15) is 0 Å². The van der Waals surface area contributed by atoms with Crippen LogP contribution < -0.4 is 5.32 Å². The highest BCUT2D eigenvalue weighted by Gasteiger charge is 2.07. The first kappa shape index (κ1) is 15.8. The smallest absolute Gasteiger partial charge is 0.260 e. The van der Waals surface area contributed by atoms with Crippen LogP contribution in [0.25, 0.3) is 0 Å². The van der Waals surface area contributed by atoms with Gasteiger partial charge in [-0.25, -0.2) is 0 Å². The molecule has 4 heteroatoms. The Bertz CT molecular complexity index is 597. The van der Waals surface area contributed by atoms with Crippen LogP contribution in [0.2, 0.25) is 0 Å². The first-order chi connectivity index (χ1) is 10.8. The summed E-state index contributed by atoms with van der Waals surface area (Å²) in [5, 5.41) is 6.62. The number of carbonyl (C=O) groups excluding carboxylic acids is 1. The van der Waals surface area contributed by atoms with E-state index in [1.54, 1.807) is 6.21 Å². The molecule has 0 saturated heterocycles. The van der Waals surface area contributed by atoms with Crippen molar-refractivity contribution in [3.05, 3.63) is 71.8 Å². The number of hydrogen-bond acceptors (Lipinski definition) is 3. The van der Waals surface area contributed by atoms with E-state index < -0.39 is 0 Å². The third-order valence-corrected chi connectivity index (χ3v) is 3.25. The average Bonchev–Trinajstić information content (AvgIpc) is 2.58. The van der Waals surface area contributed by atoms with Gasteiger partial charge in [-0.1, -0.05) is 72.7 Å². The lowest BCUT2D eigenvalue weighted by atomic mass is 10.0. The second kappa shape index (κ2) is 8.62. The molecule has 1 amide bonds. The van der Waals surface area contributed by atoms with Gasteiger partial charge in [-0.3, -0.25) is 4.79 Å². The zero-order valence-corrected chi connectivity index (χ0v) is 12.6. The number of benzene rings is 2. The van der Waals surface area contributed by atoms with E-state index in [4.69, 9.17) is 4.84 Å². The van der Waals surface area contributed by atoms with Crippen molar-refractivity contribution < 1.29 is 9.63 Å². The van der Waals surface area contributed by atoms with Crippen molar-refractivity contribution in [3.8, 4) is 0 Å². The third kappa shape index (κ3) is 5.40. The van der Waals surface area contributed by atoms with Gasteiger partial charge in [-0.15, -0.1) is 0 Å². The normalized spacial score (nSPS) is 12.0. The van der Waals surface area contributed by atoms with E-state index in [1.165, 1.54) is 5.56 Å². The minimum atomic E-state index is -0.173. The molecule has 4 nitrogen and oxygen atoms in total. The predicted molar refractivity (Wildman–Crippen MR) is 87.9 cm³/mol. The van der Waals surface area contributed by atoms with Crippen molar-refractivity contribution in [2.45, 2.75) is 12.8 Å². The standard InChI is InChI=1S/C18H20N2O2/c1-15(17-10-6-3-7-11-17)12-19-18(21)14-22-20-13-16-8-4-2-5-9-16/h2-11,13,15H,12,14H2,1H3,(H,19,21)/b20-13+. The summed E-state index contributed by atoms with van der Waals surface area (Å²) in [5.41, 5.74) is 2.13. The number of nitrogens with zero attached hydrogens (tertiary/aromatic N) is 1. The molecule has 22 heavy (non-hydrogen) atoms. The second-order valence-corrected chi connectivity index (χ2v) is 5.03. The molecule has 1 N–H and O–H groups in total. The number of amides is 1. The van der Waals surface area contributed by atoms with Gasteiger partial charge < -0.3 is 10.2 Å². The summed E-state index contributed by atoms with van der Waals surface area (Å²) in [7, 11) is 0. The fourth-order valence-electron chi connectivity index (χ4n) is 1.95. The van der Waals surface area contributed by atoms with E-state index in [2.05, 4.69) is 29.5 Å². The second-order valence-electron chi connectivity index (χ2n) is 5.03. The molecule has 2 aromatic carbocycles. The molecule has 1 unspecified atom stereocenters. The van der Waals surface area contributed by atoms with Crippen molar-refractivity contribution in [1.29, 1.82) is 0 Å². The van der Waals surface area contributed by atoms with Gasteiger partial charge in [0.25, 0.3) is 5.91 Å². The van der Waals surface area contributed by atoms with Crippen LogP contribution in [0.4, 0.5) is 0 Å². The van der Waals surface area contributed by atoms with Crippen molar-refractivity contribution in [3.63, 3.8) is 0 Å². The van der Waals surface area contributed by atoms with E-state index in [-0.39, 0.29) is 18.4 Å². The monoisotopic (exact) mass is 296 g/mol. The third-order valence-electron chi connectivity index (χ3n) is 3.25. The van der Waals surface area contributed by atoms with E-state index in [9.17, 15) is 4.79 Å². The molecule has 0 bridgehead atoms. The summed E-state index contributed by atoms with van der Waals surface area (Å²) < 4.78 is 0. The fourth-order valence-corrected chi connectivity index (χ4v) is 1.95. The zero-order valence-electron chi connectivity index (χ0n) is 12.6. The SMILES string of the molecule is CC(CNC(=O)CO/N=C/c1ccccc1)c1ccccc1. The van der Waals surface area contributed by atoms with Crippen LogP contribution in [0.3, 0.4) is 0 Å². The van der Waals surface area contributed by atoms with Crippen molar-refractivity contribution in [2.75, 3.05) is 13.2 Å². The molecule has 0 aliphatic rings. The first-order valence-electron chi connectivity index (χ1n) is 7.27. The maximum absolute atomic E-state index is 11.7. The Morgan fingerprint density at radius 1 is 1.14 bits per heavy atom. The van der Waals surface area contributed by atoms with Crippen molar-refractivity contribution in [1.82, 2.24) is 5.32 Å². The van der Waals surface area contributed by atoms with Gasteiger partial charge in [0.2, 0.25) is 0 Å². The lowest BCUT2D eigenvalue weighted by molar-refractivity contribution is -0.125. The Morgan fingerprint density at radius 2 is 1.77 bits per heavy atom. The summed E-state index contributed by atoms with van der Waals surface area (Å²) in [6.45, 7) is 2.57. The van der Waals surface area contributed by atoms with Gasteiger partial charge in [0.15, 0.2) is 6.61 Å². The number of nitrogens with one attached hydrogen (secondary N) is 1. The minimum Gasteiger partial charge on any atom is -0.386 e. The molecule has 0 aromatic heterocycles. The number of hydrogen-bond donors (Lipinski definition) is 1. The van der Waals surface area contributed by atoms with E-state index >= 15 is 0 Å². The molecule has 0 heterocycles. The van der Waals surface area contributed by atoms with Gasteiger partial charge in [0, 0.05) is 6.54 Å². The fraction of sp³-hybridized carbons (Fsp3) is 0.222. The van der Waals surface area contributed by atoms with Crippen LogP contribution in [-0.4, -0.2) is 25.3 Å². The summed E-state index contributed by atoms with van der Waals surface area (Å²) in [6.07, 6.45) is 1.58. The van der Waals surface area contributed by atoms with Crippen LogP contribution in [0.1, 0.15) is 24.0 Å². The Kier molecular flexibility index (Phi) is 6.18. The van der Waals surface area contributed by atoms with Crippen LogP contribution in [0.15, 0.2) is 65.8 Å². The van der Waals surface area contributed by atoms with Gasteiger partial charge in [-0.05, 0) is 17.0 Å². The average molecular weight is 296 g/mol. The summed E-state index contributed by atoms with van der Waals surface area (Å²) in [4.78, 5) is 16.7. The molecule has 2 aromatic rings. The molecule has 0 fully saturated rings. The quantitative estimate of drug-likeness (QED) is 0.631. The summed E-state index contributed by atoms with van der Waals surface area (Å²) >= 11 is 0. The summed E-state index contributed by atoms with van der Waals surface area (Å²) in [5.74, 6) is 0.0889. The highest BCUT2D eigenvalue weighted by atomic mass is 16.6. The Balaban J connectivity index is 1.67. The summed E-state index contributed by atoms with van der Waals surface area (Å²) in [6, 6.07) is 19.7. The lowest BCUT2D eigenvalue weighted by Gasteiger charge is -2.12. The highest BCUT2D eigenvalue weighted by Crippen LogP contribution is 2.12. The number of oxime groups is 1. The maximum atomic E-state index is 11.7. The predicted octanol–water partition coefficient (Wildman–Crippen LogP) is 2.96. The minimum absolute atomic E-state index is 0.0785. The molecule has 0 spiro atoms. The number of carbonyl (C=O) groups is 1. The van der Waals surface area contributed by atoms with Crippen LogP contribution in [-0.2, 0) is 9.63 Å². The molecule has 0 aliphatic heterocycles. The van der Waals surface area contributed by atoms with Gasteiger partial charge >= 0.3 is 0 Å².